The monoisotopic (exact) mass is 510 g/mol. The van der Waals surface area contributed by atoms with Crippen LogP contribution in [0.5, 0.6) is 17.2 Å². The van der Waals surface area contributed by atoms with Gasteiger partial charge in [0.15, 0.2) is 11.5 Å². The number of amides is 1. The van der Waals surface area contributed by atoms with Crippen molar-refractivity contribution in [1.82, 2.24) is 9.80 Å². The first-order chi connectivity index (χ1) is 17.9. The Hall–Kier alpha value is -3.56. The summed E-state index contributed by atoms with van der Waals surface area (Å²) in [4.78, 5) is 30.5. The van der Waals surface area contributed by atoms with Crippen molar-refractivity contribution in [3.8, 4) is 17.2 Å². The Morgan fingerprint density at radius 3 is 2.41 bits per heavy atom. The molecule has 2 aliphatic heterocycles. The summed E-state index contributed by atoms with van der Waals surface area (Å²) in [5, 5.41) is 11.5. The van der Waals surface area contributed by atoms with Crippen LogP contribution in [-0.4, -0.2) is 86.8 Å². The number of Topliss-reactive ketones (excluding diaryl/α,β-unsaturated/α-hetero) is 1. The standard InChI is InChI=1S/C28H34N2O7/c1-5-37-20-7-8-21(18(2)16-20)26(31)24-25(19-6-9-22(34-3)23(17-19)35-4)30(28(33)27(24)32)11-10-29-12-14-36-15-13-29/h6-9,16-17,25,31H,5,10-15H2,1-4H3/b26-24-. The molecule has 2 aromatic rings. The van der Waals surface area contributed by atoms with E-state index in [0.29, 0.717) is 61.3 Å². The molecule has 198 valence electrons. The Bertz CT molecular complexity index is 1190. The van der Waals surface area contributed by atoms with Crippen LogP contribution in [0.3, 0.4) is 0 Å². The highest BCUT2D eigenvalue weighted by Gasteiger charge is 2.46. The van der Waals surface area contributed by atoms with Gasteiger partial charge in [-0.3, -0.25) is 14.5 Å². The van der Waals surface area contributed by atoms with Gasteiger partial charge < -0.3 is 29.0 Å². The average Bonchev–Trinajstić information content (AvgIpc) is 3.17. The number of carbonyl (C=O) groups excluding carboxylic acids is 2. The number of hydrogen-bond donors (Lipinski definition) is 1. The maximum Gasteiger partial charge on any atom is 0.295 e. The van der Waals surface area contributed by atoms with E-state index in [-0.39, 0.29) is 11.3 Å². The summed E-state index contributed by atoms with van der Waals surface area (Å²) in [6, 6.07) is 9.74. The quantitative estimate of drug-likeness (QED) is 0.312. The zero-order valence-electron chi connectivity index (χ0n) is 21.8. The van der Waals surface area contributed by atoms with E-state index in [1.807, 2.05) is 13.8 Å². The summed E-state index contributed by atoms with van der Waals surface area (Å²) in [5.74, 6) is 0.0899. The number of hydrogen-bond acceptors (Lipinski definition) is 8. The molecule has 2 aromatic carbocycles. The molecule has 2 saturated heterocycles. The van der Waals surface area contributed by atoms with Crippen LogP contribution in [0.15, 0.2) is 42.0 Å². The fraction of sp³-hybridized carbons (Fsp3) is 0.429. The van der Waals surface area contributed by atoms with E-state index in [0.717, 1.165) is 18.7 Å². The molecule has 1 unspecified atom stereocenters. The van der Waals surface area contributed by atoms with E-state index < -0.39 is 17.7 Å². The maximum absolute atomic E-state index is 13.4. The second-order valence-corrected chi connectivity index (χ2v) is 8.97. The molecule has 1 atom stereocenters. The molecule has 2 heterocycles. The fourth-order valence-corrected chi connectivity index (χ4v) is 4.86. The molecule has 0 spiro atoms. The summed E-state index contributed by atoms with van der Waals surface area (Å²) < 4.78 is 21.9. The second-order valence-electron chi connectivity index (χ2n) is 8.97. The minimum atomic E-state index is -0.785. The predicted molar refractivity (Wildman–Crippen MR) is 138 cm³/mol. The molecule has 2 aliphatic rings. The van der Waals surface area contributed by atoms with Gasteiger partial charge in [0, 0.05) is 31.7 Å². The van der Waals surface area contributed by atoms with Crippen molar-refractivity contribution in [2.75, 3.05) is 60.2 Å². The number of likely N-dealkylation sites (tertiary alicyclic amines) is 1. The summed E-state index contributed by atoms with van der Waals surface area (Å²) in [5.41, 5.74) is 1.89. The number of aliphatic hydroxyl groups is 1. The molecular formula is C28H34N2O7. The van der Waals surface area contributed by atoms with Crippen molar-refractivity contribution in [3.63, 3.8) is 0 Å². The summed E-state index contributed by atoms with van der Waals surface area (Å²) in [7, 11) is 3.07. The van der Waals surface area contributed by atoms with Crippen molar-refractivity contribution in [2.45, 2.75) is 19.9 Å². The number of nitrogens with zero attached hydrogens (tertiary/aromatic N) is 2. The lowest BCUT2D eigenvalue weighted by atomic mass is 9.93. The van der Waals surface area contributed by atoms with Gasteiger partial charge in [-0.15, -0.1) is 0 Å². The molecule has 2 fully saturated rings. The highest BCUT2D eigenvalue weighted by molar-refractivity contribution is 6.46. The molecule has 9 nitrogen and oxygen atoms in total. The summed E-state index contributed by atoms with van der Waals surface area (Å²) in [6.07, 6.45) is 0. The number of aliphatic hydroxyl groups excluding tert-OH is 1. The first-order valence-corrected chi connectivity index (χ1v) is 12.4. The van der Waals surface area contributed by atoms with Gasteiger partial charge in [-0.1, -0.05) is 6.07 Å². The van der Waals surface area contributed by atoms with Crippen molar-refractivity contribution in [2.24, 2.45) is 0 Å². The summed E-state index contributed by atoms with van der Waals surface area (Å²) in [6.45, 7) is 7.93. The van der Waals surface area contributed by atoms with Crippen molar-refractivity contribution in [1.29, 1.82) is 0 Å². The Morgan fingerprint density at radius 2 is 1.76 bits per heavy atom. The third-order valence-corrected chi connectivity index (χ3v) is 6.79. The maximum atomic E-state index is 13.4. The second kappa shape index (κ2) is 11.7. The van der Waals surface area contributed by atoms with Crippen LogP contribution in [0, 0.1) is 6.92 Å². The van der Waals surface area contributed by atoms with Gasteiger partial charge in [0.2, 0.25) is 0 Å². The van der Waals surface area contributed by atoms with Gasteiger partial charge in [-0.05, 0) is 55.3 Å². The minimum Gasteiger partial charge on any atom is -0.507 e. The first kappa shape index (κ1) is 26.5. The van der Waals surface area contributed by atoms with Crippen molar-refractivity contribution in [3.05, 3.63) is 58.7 Å². The number of rotatable bonds is 9. The number of morpholine rings is 1. The Kier molecular flexibility index (Phi) is 8.35. The summed E-state index contributed by atoms with van der Waals surface area (Å²) >= 11 is 0. The topological polar surface area (TPSA) is 97.8 Å². The van der Waals surface area contributed by atoms with Crippen LogP contribution in [0.4, 0.5) is 0 Å². The molecule has 37 heavy (non-hydrogen) atoms. The molecule has 0 radical (unpaired) electrons. The van der Waals surface area contributed by atoms with Gasteiger partial charge in [0.1, 0.15) is 11.5 Å². The van der Waals surface area contributed by atoms with Gasteiger partial charge >= 0.3 is 0 Å². The molecule has 1 amide bonds. The smallest absolute Gasteiger partial charge is 0.295 e. The van der Waals surface area contributed by atoms with Crippen LogP contribution in [0.25, 0.3) is 5.76 Å². The Morgan fingerprint density at radius 1 is 1.03 bits per heavy atom. The van der Waals surface area contributed by atoms with Crippen LogP contribution in [0.2, 0.25) is 0 Å². The van der Waals surface area contributed by atoms with Crippen LogP contribution in [-0.2, 0) is 14.3 Å². The normalized spacial score (nSPS) is 19.8. The lowest BCUT2D eigenvalue weighted by molar-refractivity contribution is -0.140. The van der Waals surface area contributed by atoms with E-state index in [2.05, 4.69) is 4.90 Å². The zero-order chi connectivity index (χ0) is 26.5. The van der Waals surface area contributed by atoms with Crippen LogP contribution in [0.1, 0.15) is 29.7 Å². The third-order valence-electron chi connectivity index (χ3n) is 6.79. The van der Waals surface area contributed by atoms with Gasteiger partial charge in [0.05, 0.1) is 45.7 Å². The number of benzene rings is 2. The van der Waals surface area contributed by atoms with Crippen LogP contribution >= 0.6 is 0 Å². The van der Waals surface area contributed by atoms with E-state index >= 15 is 0 Å². The highest BCUT2D eigenvalue weighted by Crippen LogP contribution is 2.42. The lowest BCUT2D eigenvalue weighted by Crippen LogP contribution is -2.42. The molecule has 9 heteroatoms. The molecule has 0 aromatic heterocycles. The Labute approximate surface area is 217 Å². The van der Waals surface area contributed by atoms with Gasteiger partial charge in [-0.2, -0.15) is 0 Å². The Balaban J connectivity index is 1.79. The van der Waals surface area contributed by atoms with E-state index in [1.54, 1.807) is 43.5 Å². The molecule has 1 N–H and O–H groups in total. The van der Waals surface area contributed by atoms with Crippen molar-refractivity contribution >= 4 is 17.4 Å². The number of ether oxygens (including phenoxy) is 4. The number of aryl methyl sites for hydroxylation is 1. The number of methoxy groups -OCH3 is 2. The lowest BCUT2D eigenvalue weighted by Gasteiger charge is -2.31. The fourth-order valence-electron chi connectivity index (χ4n) is 4.86. The van der Waals surface area contributed by atoms with Gasteiger partial charge in [0.25, 0.3) is 11.7 Å². The molecule has 0 bridgehead atoms. The number of carbonyl (C=O) groups is 2. The van der Waals surface area contributed by atoms with Crippen LogP contribution < -0.4 is 14.2 Å². The van der Waals surface area contributed by atoms with E-state index in [9.17, 15) is 14.7 Å². The van der Waals surface area contributed by atoms with E-state index in [4.69, 9.17) is 18.9 Å². The van der Waals surface area contributed by atoms with E-state index in [1.165, 1.54) is 12.0 Å². The highest BCUT2D eigenvalue weighted by atomic mass is 16.5. The molecule has 4 rings (SSSR count). The minimum absolute atomic E-state index is 0.0476. The third kappa shape index (κ3) is 5.42. The molecular weight excluding hydrogens is 476 g/mol. The number of ketones is 1. The predicted octanol–water partition coefficient (Wildman–Crippen LogP) is 3.16. The first-order valence-electron chi connectivity index (χ1n) is 12.4. The molecule has 0 saturated carbocycles. The molecule has 0 aliphatic carbocycles. The SMILES string of the molecule is CCOc1ccc(/C(O)=C2/C(=O)C(=O)N(CCN3CCOCC3)C2c2ccc(OC)c(OC)c2)c(C)c1. The van der Waals surface area contributed by atoms with Crippen molar-refractivity contribution < 1.29 is 33.6 Å². The average molecular weight is 511 g/mol. The largest absolute Gasteiger partial charge is 0.507 e. The van der Waals surface area contributed by atoms with Gasteiger partial charge in [-0.25, -0.2) is 0 Å². The zero-order valence-corrected chi connectivity index (χ0v) is 21.8.